The van der Waals surface area contributed by atoms with Crippen molar-refractivity contribution in [3.8, 4) is 0 Å². The molecule has 0 spiro atoms. The number of amides is 1. The summed E-state index contributed by atoms with van der Waals surface area (Å²) in [7, 11) is 0. The highest BCUT2D eigenvalue weighted by atomic mass is 32.1. The first kappa shape index (κ1) is 18.2. The van der Waals surface area contributed by atoms with Crippen LogP contribution in [-0.2, 0) is 16.0 Å². The zero-order valence-electron chi connectivity index (χ0n) is 14.7. The summed E-state index contributed by atoms with van der Waals surface area (Å²) in [4.78, 5) is 26.2. The fourth-order valence-electron chi connectivity index (χ4n) is 2.43. The van der Waals surface area contributed by atoms with Crippen molar-refractivity contribution in [3.05, 3.63) is 50.7 Å². The number of esters is 1. The molecule has 0 fully saturated rings. The molecule has 2 aromatic rings. The second-order valence-corrected chi connectivity index (χ2v) is 7.06. The number of benzene rings is 1. The lowest BCUT2D eigenvalue weighted by atomic mass is 10.1. The Morgan fingerprint density at radius 3 is 2.46 bits per heavy atom. The number of hydrogen-bond acceptors (Lipinski definition) is 4. The van der Waals surface area contributed by atoms with Crippen molar-refractivity contribution in [3.63, 3.8) is 0 Å². The Balaban J connectivity index is 2.01. The van der Waals surface area contributed by atoms with E-state index >= 15 is 0 Å². The molecule has 2 rings (SSSR count). The molecule has 1 aromatic heterocycles. The predicted molar refractivity (Wildman–Crippen MR) is 97.9 cm³/mol. The van der Waals surface area contributed by atoms with Crippen LogP contribution in [0, 0.1) is 20.8 Å². The van der Waals surface area contributed by atoms with E-state index in [1.165, 1.54) is 11.3 Å². The maximum absolute atomic E-state index is 12.3. The molecule has 0 saturated carbocycles. The van der Waals surface area contributed by atoms with Crippen LogP contribution in [0.1, 0.15) is 45.1 Å². The molecule has 1 amide bonds. The van der Waals surface area contributed by atoms with Crippen molar-refractivity contribution in [1.29, 1.82) is 0 Å². The summed E-state index contributed by atoms with van der Waals surface area (Å²) >= 11 is 1.42. The Labute approximate surface area is 146 Å². The lowest BCUT2D eigenvalue weighted by Crippen LogP contribution is -2.30. The van der Waals surface area contributed by atoms with E-state index in [1.807, 2.05) is 52.0 Å². The number of hydrogen-bond donors (Lipinski definition) is 1. The van der Waals surface area contributed by atoms with Gasteiger partial charge in [-0.05, 0) is 57.4 Å². The zero-order chi connectivity index (χ0) is 17.9. The standard InChI is InChI=1S/C19H23NO3S/c1-6-16-13(4)10-17(24-16)19(22)23-14(5)18(21)20-15-8-7-11(2)9-12(15)3/h7-10,14H,6H2,1-5H3,(H,20,21)/t14-/m1/s1. The molecule has 1 N–H and O–H groups in total. The average molecular weight is 345 g/mol. The number of aryl methyl sites for hydroxylation is 4. The monoisotopic (exact) mass is 345 g/mol. The van der Waals surface area contributed by atoms with Crippen LogP contribution >= 0.6 is 11.3 Å². The van der Waals surface area contributed by atoms with Crippen molar-refractivity contribution in [2.75, 3.05) is 5.32 Å². The average Bonchev–Trinajstić information content (AvgIpc) is 2.91. The van der Waals surface area contributed by atoms with Gasteiger partial charge in [-0.2, -0.15) is 0 Å². The molecule has 1 aromatic carbocycles. The number of rotatable bonds is 5. The van der Waals surface area contributed by atoms with Crippen LogP contribution < -0.4 is 5.32 Å². The van der Waals surface area contributed by atoms with E-state index in [4.69, 9.17) is 4.74 Å². The van der Waals surface area contributed by atoms with Crippen LogP contribution in [0.4, 0.5) is 5.69 Å². The van der Waals surface area contributed by atoms with Gasteiger partial charge in [-0.15, -0.1) is 11.3 Å². The molecule has 128 valence electrons. The molecule has 24 heavy (non-hydrogen) atoms. The van der Waals surface area contributed by atoms with E-state index in [0.29, 0.717) is 4.88 Å². The summed E-state index contributed by atoms with van der Waals surface area (Å²) in [5, 5.41) is 2.81. The number of nitrogens with one attached hydrogen (secondary N) is 1. The largest absolute Gasteiger partial charge is 0.448 e. The smallest absolute Gasteiger partial charge is 0.349 e. The maximum Gasteiger partial charge on any atom is 0.349 e. The summed E-state index contributed by atoms with van der Waals surface area (Å²) < 4.78 is 5.31. The Kier molecular flexibility index (Phi) is 5.78. The summed E-state index contributed by atoms with van der Waals surface area (Å²) in [5.41, 5.74) is 3.92. The summed E-state index contributed by atoms with van der Waals surface area (Å²) in [5.74, 6) is -0.787. The van der Waals surface area contributed by atoms with Crippen molar-refractivity contribution in [2.45, 2.75) is 47.1 Å². The molecule has 0 radical (unpaired) electrons. The van der Waals surface area contributed by atoms with Crippen molar-refractivity contribution in [1.82, 2.24) is 0 Å². The molecular weight excluding hydrogens is 322 g/mol. The van der Waals surface area contributed by atoms with Gasteiger partial charge in [0.25, 0.3) is 5.91 Å². The molecule has 4 nitrogen and oxygen atoms in total. The minimum Gasteiger partial charge on any atom is -0.448 e. The molecular formula is C19H23NO3S. The molecule has 1 heterocycles. The Morgan fingerprint density at radius 1 is 1.17 bits per heavy atom. The molecule has 0 aliphatic heterocycles. The number of carbonyl (C=O) groups excluding carboxylic acids is 2. The van der Waals surface area contributed by atoms with Gasteiger partial charge in [-0.25, -0.2) is 4.79 Å². The second-order valence-electron chi connectivity index (χ2n) is 5.93. The molecule has 0 bridgehead atoms. The van der Waals surface area contributed by atoms with Gasteiger partial charge in [0.2, 0.25) is 0 Å². The van der Waals surface area contributed by atoms with E-state index in [2.05, 4.69) is 5.32 Å². The minimum absolute atomic E-state index is 0.334. The molecule has 0 aliphatic carbocycles. The molecule has 0 unspecified atom stereocenters. The predicted octanol–water partition coefficient (Wildman–Crippen LogP) is 4.42. The fourth-order valence-corrected chi connectivity index (χ4v) is 3.43. The third kappa shape index (κ3) is 4.23. The highest BCUT2D eigenvalue weighted by Crippen LogP contribution is 2.23. The van der Waals surface area contributed by atoms with E-state index in [9.17, 15) is 9.59 Å². The SMILES string of the molecule is CCc1sc(C(=O)O[C@H](C)C(=O)Nc2ccc(C)cc2C)cc1C. The summed E-state index contributed by atoms with van der Waals surface area (Å²) in [6.45, 7) is 9.53. The first-order valence-electron chi connectivity index (χ1n) is 8.00. The number of thiophene rings is 1. The first-order valence-corrected chi connectivity index (χ1v) is 8.81. The third-order valence-corrected chi connectivity index (χ3v) is 5.20. The summed E-state index contributed by atoms with van der Waals surface area (Å²) in [6, 6.07) is 7.60. The topological polar surface area (TPSA) is 55.4 Å². The van der Waals surface area contributed by atoms with Gasteiger partial charge in [0.15, 0.2) is 6.10 Å². The summed E-state index contributed by atoms with van der Waals surface area (Å²) in [6.07, 6.45) is 0.0256. The highest BCUT2D eigenvalue weighted by Gasteiger charge is 2.21. The quantitative estimate of drug-likeness (QED) is 0.816. The third-order valence-electron chi connectivity index (χ3n) is 3.84. The zero-order valence-corrected chi connectivity index (χ0v) is 15.5. The van der Waals surface area contributed by atoms with Crippen LogP contribution in [0.2, 0.25) is 0 Å². The van der Waals surface area contributed by atoms with Crippen LogP contribution in [0.15, 0.2) is 24.3 Å². The van der Waals surface area contributed by atoms with Crippen LogP contribution in [0.5, 0.6) is 0 Å². The Morgan fingerprint density at radius 2 is 1.88 bits per heavy atom. The van der Waals surface area contributed by atoms with Crippen molar-refractivity contribution >= 4 is 28.9 Å². The molecule has 0 aliphatic rings. The molecule has 1 atom stereocenters. The van der Waals surface area contributed by atoms with E-state index in [-0.39, 0.29) is 5.91 Å². The van der Waals surface area contributed by atoms with Gasteiger partial charge in [-0.3, -0.25) is 4.79 Å². The van der Waals surface area contributed by atoms with E-state index in [0.717, 1.165) is 33.7 Å². The van der Waals surface area contributed by atoms with E-state index in [1.54, 1.807) is 6.92 Å². The maximum atomic E-state index is 12.3. The van der Waals surface area contributed by atoms with Gasteiger partial charge < -0.3 is 10.1 Å². The number of ether oxygens (including phenoxy) is 1. The van der Waals surface area contributed by atoms with Gasteiger partial charge in [-0.1, -0.05) is 24.6 Å². The second kappa shape index (κ2) is 7.62. The minimum atomic E-state index is -0.856. The molecule has 0 saturated heterocycles. The Hall–Kier alpha value is -2.14. The van der Waals surface area contributed by atoms with Crippen LogP contribution in [0.25, 0.3) is 0 Å². The highest BCUT2D eigenvalue weighted by molar-refractivity contribution is 7.14. The lowest BCUT2D eigenvalue weighted by molar-refractivity contribution is -0.123. The van der Waals surface area contributed by atoms with Crippen LogP contribution in [-0.4, -0.2) is 18.0 Å². The van der Waals surface area contributed by atoms with Crippen molar-refractivity contribution < 1.29 is 14.3 Å². The number of anilines is 1. The normalized spacial score (nSPS) is 11.9. The van der Waals surface area contributed by atoms with Crippen LogP contribution in [0.3, 0.4) is 0 Å². The fraction of sp³-hybridized carbons (Fsp3) is 0.368. The van der Waals surface area contributed by atoms with Crippen molar-refractivity contribution in [2.24, 2.45) is 0 Å². The lowest BCUT2D eigenvalue weighted by Gasteiger charge is -2.14. The molecule has 5 heteroatoms. The van der Waals surface area contributed by atoms with Gasteiger partial charge >= 0.3 is 5.97 Å². The van der Waals surface area contributed by atoms with Gasteiger partial charge in [0.05, 0.1) is 0 Å². The van der Waals surface area contributed by atoms with E-state index < -0.39 is 12.1 Å². The number of carbonyl (C=O) groups is 2. The Bertz CT molecular complexity index is 764. The first-order chi connectivity index (χ1) is 11.3. The van der Waals surface area contributed by atoms with Gasteiger partial charge in [0.1, 0.15) is 4.88 Å². The van der Waals surface area contributed by atoms with Gasteiger partial charge in [0, 0.05) is 10.6 Å².